The smallest absolute Gasteiger partial charge is 0.322 e. The van der Waals surface area contributed by atoms with Crippen molar-refractivity contribution in [3.63, 3.8) is 0 Å². The number of carboxylic acids is 1. The van der Waals surface area contributed by atoms with Crippen molar-refractivity contribution in [1.82, 2.24) is 4.98 Å². The Labute approximate surface area is 79.5 Å². The number of aliphatic carboxylic acids is 1. The van der Waals surface area contributed by atoms with Crippen LogP contribution in [0, 0.1) is 0 Å². The molecule has 0 fully saturated rings. The van der Waals surface area contributed by atoms with Crippen LogP contribution in [0.25, 0.3) is 0 Å². The van der Waals surface area contributed by atoms with Crippen LogP contribution in [0.3, 0.4) is 0 Å². The first-order valence-electron chi connectivity index (χ1n) is 3.46. The van der Waals surface area contributed by atoms with E-state index in [-0.39, 0.29) is 11.7 Å². The SMILES string of the molecule is Nc1cc(Cl)nc(NCC(=O)O)c1. The van der Waals surface area contributed by atoms with Gasteiger partial charge in [0.15, 0.2) is 0 Å². The zero-order valence-electron chi connectivity index (χ0n) is 6.62. The highest BCUT2D eigenvalue weighted by Crippen LogP contribution is 2.15. The first-order valence-corrected chi connectivity index (χ1v) is 3.84. The Morgan fingerprint density at radius 1 is 1.69 bits per heavy atom. The molecule has 0 aliphatic carbocycles. The molecule has 0 radical (unpaired) electrons. The minimum atomic E-state index is -0.972. The predicted octanol–water partition coefficient (Wildman–Crippen LogP) is 0.814. The van der Waals surface area contributed by atoms with Crippen LogP contribution in [-0.2, 0) is 4.79 Å². The first-order chi connectivity index (χ1) is 6.08. The molecule has 0 amide bonds. The van der Waals surface area contributed by atoms with Crippen LogP contribution in [0.1, 0.15) is 0 Å². The molecule has 0 saturated heterocycles. The highest BCUT2D eigenvalue weighted by Gasteiger charge is 2.00. The fraction of sp³-hybridized carbons (Fsp3) is 0.143. The summed E-state index contributed by atoms with van der Waals surface area (Å²) in [6.45, 7) is -0.215. The molecule has 1 heterocycles. The summed E-state index contributed by atoms with van der Waals surface area (Å²) in [6.07, 6.45) is 0. The minimum absolute atomic E-state index is 0.215. The van der Waals surface area contributed by atoms with Crippen LogP contribution >= 0.6 is 11.6 Å². The number of carboxylic acid groups (broad SMARTS) is 1. The van der Waals surface area contributed by atoms with Gasteiger partial charge < -0.3 is 16.2 Å². The summed E-state index contributed by atoms with van der Waals surface area (Å²) in [4.78, 5) is 14.0. The fourth-order valence-corrected chi connectivity index (χ4v) is 0.990. The lowest BCUT2D eigenvalue weighted by Gasteiger charge is -2.03. The summed E-state index contributed by atoms with van der Waals surface area (Å²) in [5.74, 6) is -0.618. The number of nitrogens with one attached hydrogen (secondary N) is 1. The second-order valence-electron chi connectivity index (χ2n) is 2.36. The number of carbonyl (C=O) groups is 1. The number of nitrogens with zero attached hydrogens (tertiary/aromatic N) is 1. The topological polar surface area (TPSA) is 88.2 Å². The average molecular weight is 202 g/mol. The molecule has 0 unspecified atom stereocenters. The number of anilines is 2. The van der Waals surface area contributed by atoms with Crippen molar-refractivity contribution in [3.8, 4) is 0 Å². The zero-order valence-corrected chi connectivity index (χ0v) is 7.38. The molecule has 0 aliphatic rings. The van der Waals surface area contributed by atoms with Gasteiger partial charge in [-0.25, -0.2) is 4.98 Å². The number of halogens is 1. The van der Waals surface area contributed by atoms with Crippen molar-refractivity contribution >= 4 is 29.1 Å². The van der Waals surface area contributed by atoms with E-state index in [0.29, 0.717) is 11.5 Å². The van der Waals surface area contributed by atoms with E-state index >= 15 is 0 Å². The molecule has 1 rings (SSSR count). The van der Waals surface area contributed by atoms with Crippen molar-refractivity contribution in [1.29, 1.82) is 0 Å². The lowest BCUT2D eigenvalue weighted by Crippen LogP contribution is -2.13. The molecule has 1 aromatic heterocycles. The third-order valence-electron chi connectivity index (χ3n) is 1.24. The summed E-state index contributed by atoms with van der Waals surface area (Å²) in [5.41, 5.74) is 5.89. The van der Waals surface area contributed by atoms with E-state index in [9.17, 15) is 4.79 Å². The Hall–Kier alpha value is -1.49. The van der Waals surface area contributed by atoms with Crippen molar-refractivity contribution in [2.45, 2.75) is 0 Å². The maximum atomic E-state index is 10.2. The molecule has 5 nitrogen and oxygen atoms in total. The maximum Gasteiger partial charge on any atom is 0.322 e. The van der Waals surface area contributed by atoms with Gasteiger partial charge in [-0.2, -0.15) is 0 Å². The highest BCUT2D eigenvalue weighted by atomic mass is 35.5. The maximum absolute atomic E-state index is 10.2. The fourth-order valence-electron chi connectivity index (χ4n) is 0.773. The zero-order chi connectivity index (χ0) is 9.84. The second kappa shape index (κ2) is 3.95. The molecule has 0 aromatic carbocycles. The summed E-state index contributed by atoms with van der Waals surface area (Å²) in [6, 6.07) is 2.99. The number of aromatic nitrogens is 1. The van der Waals surface area contributed by atoms with Crippen LogP contribution in [0.15, 0.2) is 12.1 Å². The summed E-state index contributed by atoms with van der Waals surface area (Å²) in [7, 11) is 0. The molecule has 0 spiro atoms. The molecule has 13 heavy (non-hydrogen) atoms. The van der Waals surface area contributed by atoms with Crippen molar-refractivity contribution < 1.29 is 9.90 Å². The second-order valence-corrected chi connectivity index (χ2v) is 2.74. The van der Waals surface area contributed by atoms with Gasteiger partial charge in [0.25, 0.3) is 0 Å². The summed E-state index contributed by atoms with van der Waals surface area (Å²) < 4.78 is 0. The Morgan fingerprint density at radius 3 is 2.92 bits per heavy atom. The highest BCUT2D eigenvalue weighted by molar-refractivity contribution is 6.29. The van der Waals surface area contributed by atoms with Gasteiger partial charge in [-0.3, -0.25) is 4.79 Å². The Morgan fingerprint density at radius 2 is 2.38 bits per heavy atom. The van der Waals surface area contributed by atoms with Crippen LogP contribution in [-0.4, -0.2) is 22.6 Å². The summed E-state index contributed by atoms with van der Waals surface area (Å²) in [5, 5.41) is 11.1. The number of nitrogens with two attached hydrogens (primary N) is 1. The van der Waals surface area contributed by atoms with E-state index < -0.39 is 5.97 Å². The van der Waals surface area contributed by atoms with Gasteiger partial charge in [0, 0.05) is 11.8 Å². The minimum Gasteiger partial charge on any atom is -0.480 e. The standard InChI is InChI=1S/C7H8ClN3O2/c8-5-1-4(9)2-6(11-5)10-3-7(12)13/h1-2H,3H2,(H,12,13)(H3,9,10,11). The summed E-state index contributed by atoms with van der Waals surface area (Å²) >= 11 is 5.59. The van der Waals surface area contributed by atoms with Crippen LogP contribution in [0.4, 0.5) is 11.5 Å². The van der Waals surface area contributed by atoms with E-state index in [1.54, 1.807) is 0 Å². The molecule has 0 bridgehead atoms. The Kier molecular flexibility index (Phi) is 2.92. The van der Waals surface area contributed by atoms with Gasteiger partial charge in [0.05, 0.1) is 0 Å². The van der Waals surface area contributed by atoms with E-state index in [2.05, 4.69) is 10.3 Å². The van der Waals surface area contributed by atoms with Crippen LogP contribution in [0.2, 0.25) is 5.15 Å². The molecule has 0 aliphatic heterocycles. The lowest BCUT2D eigenvalue weighted by atomic mass is 10.4. The number of rotatable bonds is 3. The largest absolute Gasteiger partial charge is 0.480 e. The first kappa shape index (κ1) is 9.60. The number of nitrogen functional groups attached to an aromatic ring is 1. The van der Waals surface area contributed by atoms with Gasteiger partial charge in [0.2, 0.25) is 0 Å². The Bertz CT molecular complexity index is 309. The molecule has 1 aromatic rings. The Balaban J connectivity index is 2.71. The monoisotopic (exact) mass is 201 g/mol. The van der Waals surface area contributed by atoms with Crippen LogP contribution < -0.4 is 11.1 Å². The molecule has 4 N–H and O–H groups in total. The van der Waals surface area contributed by atoms with Gasteiger partial charge in [0.1, 0.15) is 17.5 Å². The van der Waals surface area contributed by atoms with Gasteiger partial charge in [-0.05, 0) is 6.07 Å². The molecule has 0 saturated carbocycles. The number of pyridine rings is 1. The van der Waals surface area contributed by atoms with Crippen molar-refractivity contribution in [2.75, 3.05) is 17.6 Å². The third kappa shape index (κ3) is 3.16. The van der Waals surface area contributed by atoms with Gasteiger partial charge >= 0.3 is 5.97 Å². The lowest BCUT2D eigenvalue weighted by molar-refractivity contribution is -0.134. The molecule has 6 heteroatoms. The molecule has 70 valence electrons. The molecular formula is C7H8ClN3O2. The molecule has 0 atom stereocenters. The van der Waals surface area contributed by atoms with Gasteiger partial charge in [-0.1, -0.05) is 11.6 Å². The average Bonchev–Trinajstić information content (AvgIpc) is 1.99. The van der Waals surface area contributed by atoms with Gasteiger partial charge in [-0.15, -0.1) is 0 Å². The number of hydrogen-bond donors (Lipinski definition) is 3. The number of hydrogen-bond acceptors (Lipinski definition) is 4. The predicted molar refractivity (Wildman–Crippen MR) is 49.8 cm³/mol. The van der Waals surface area contributed by atoms with Crippen molar-refractivity contribution in [3.05, 3.63) is 17.3 Å². The normalized spacial score (nSPS) is 9.62. The van der Waals surface area contributed by atoms with Crippen LogP contribution in [0.5, 0.6) is 0 Å². The molecular weight excluding hydrogens is 194 g/mol. The van der Waals surface area contributed by atoms with E-state index in [4.69, 9.17) is 22.4 Å². The van der Waals surface area contributed by atoms with E-state index in [0.717, 1.165) is 0 Å². The van der Waals surface area contributed by atoms with Crippen molar-refractivity contribution in [2.24, 2.45) is 0 Å². The third-order valence-corrected chi connectivity index (χ3v) is 1.43. The quantitative estimate of drug-likeness (QED) is 0.630. The van der Waals surface area contributed by atoms with E-state index in [1.807, 2.05) is 0 Å². The van der Waals surface area contributed by atoms with E-state index in [1.165, 1.54) is 12.1 Å².